The molecular formula is C16H18N2O3. The van der Waals surface area contributed by atoms with Crippen molar-refractivity contribution in [3.05, 3.63) is 29.2 Å². The van der Waals surface area contributed by atoms with Gasteiger partial charge in [-0.2, -0.15) is 0 Å². The first kappa shape index (κ1) is 13.8. The molecule has 2 N–H and O–H groups in total. The molecular weight excluding hydrogens is 268 g/mol. The van der Waals surface area contributed by atoms with Crippen molar-refractivity contribution in [3.63, 3.8) is 0 Å². The Hall–Kier alpha value is -2.17. The zero-order valence-electron chi connectivity index (χ0n) is 12.6. The van der Waals surface area contributed by atoms with Crippen molar-refractivity contribution in [2.24, 2.45) is 5.41 Å². The lowest BCUT2D eigenvalue weighted by atomic mass is 9.63. The van der Waals surface area contributed by atoms with Crippen LogP contribution in [0.1, 0.15) is 60.7 Å². The van der Waals surface area contributed by atoms with Crippen molar-refractivity contribution >= 4 is 22.7 Å². The number of nitrogens with zero attached hydrogens (tertiary/aromatic N) is 1. The number of nitrogens with one attached hydrogen (secondary N) is 1. The molecule has 0 fully saturated rings. The Bertz CT molecular complexity index is 784. The van der Waals surface area contributed by atoms with E-state index >= 15 is 0 Å². The first-order chi connectivity index (χ1) is 9.63. The van der Waals surface area contributed by atoms with Crippen LogP contribution in [-0.2, 0) is 5.41 Å². The molecule has 21 heavy (non-hydrogen) atoms. The Kier molecular flexibility index (Phi) is 2.58. The summed E-state index contributed by atoms with van der Waals surface area (Å²) in [6.07, 6.45) is 2.22. The molecule has 0 saturated heterocycles. The topological polar surface area (TPSA) is 83.1 Å². The lowest BCUT2D eigenvalue weighted by Gasteiger charge is -2.39. The van der Waals surface area contributed by atoms with Crippen LogP contribution in [0.4, 0.5) is 0 Å². The smallest absolute Gasteiger partial charge is 0.354 e. The highest BCUT2D eigenvalue weighted by molar-refractivity contribution is 6.07. The summed E-state index contributed by atoms with van der Waals surface area (Å²) in [5.74, 6) is -0.989. The standard InChI is InChI=1S/C16H18N2O3/c1-15(2)7-16(3,4)13(19)12-11(15)8-5-9(14(20)21)17-6-10(8)18-12/h5-6,18H,7H2,1-4H3,(H,20,21). The third kappa shape index (κ3) is 1.87. The second-order valence-corrected chi connectivity index (χ2v) is 7.07. The molecule has 110 valence electrons. The number of hydrogen-bond acceptors (Lipinski definition) is 3. The summed E-state index contributed by atoms with van der Waals surface area (Å²) < 4.78 is 0. The second kappa shape index (κ2) is 3.93. The number of aromatic amines is 1. The zero-order chi connectivity index (χ0) is 15.6. The maximum atomic E-state index is 12.6. The van der Waals surface area contributed by atoms with E-state index in [1.165, 1.54) is 6.20 Å². The molecule has 0 amide bonds. The number of Topliss-reactive ketones (excluding diaryl/α,β-unsaturated/α-hetero) is 1. The predicted octanol–water partition coefficient (Wildman–Crippen LogP) is 3.15. The van der Waals surface area contributed by atoms with Crippen molar-refractivity contribution < 1.29 is 14.7 Å². The highest BCUT2D eigenvalue weighted by atomic mass is 16.4. The zero-order valence-corrected chi connectivity index (χ0v) is 12.6. The van der Waals surface area contributed by atoms with E-state index in [0.717, 1.165) is 17.4 Å². The van der Waals surface area contributed by atoms with Crippen molar-refractivity contribution in [3.8, 4) is 0 Å². The summed E-state index contributed by atoms with van der Waals surface area (Å²) in [5, 5.41) is 9.89. The highest BCUT2D eigenvalue weighted by Gasteiger charge is 2.45. The molecule has 0 bridgehead atoms. The molecule has 0 atom stereocenters. The number of carboxylic acid groups (broad SMARTS) is 1. The average Bonchev–Trinajstić information content (AvgIpc) is 2.74. The number of aromatic nitrogens is 2. The summed E-state index contributed by atoms with van der Waals surface area (Å²) in [5.41, 5.74) is 1.58. The summed E-state index contributed by atoms with van der Waals surface area (Å²) in [7, 11) is 0. The number of aromatic carboxylic acids is 1. The molecule has 0 aromatic carbocycles. The van der Waals surface area contributed by atoms with Gasteiger partial charge in [0.05, 0.1) is 17.4 Å². The molecule has 0 spiro atoms. The van der Waals surface area contributed by atoms with E-state index in [1.54, 1.807) is 6.07 Å². The number of ketones is 1. The van der Waals surface area contributed by atoms with Gasteiger partial charge in [-0.15, -0.1) is 0 Å². The van der Waals surface area contributed by atoms with Crippen LogP contribution in [0.2, 0.25) is 0 Å². The number of carboxylic acids is 1. The van der Waals surface area contributed by atoms with E-state index in [9.17, 15) is 9.59 Å². The summed E-state index contributed by atoms with van der Waals surface area (Å²) in [6.45, 7) is 8.08. The maximum Gasteiger partial charge on any atom is 0.354 e. The van der Waals surface area contributed by atoms with Gasteiger partial charge >= 0.3 is 5.97 Å². The van der Waals surface area contributed by atoms with Crippen LogP contribution in [0.15, 0.2) is 12.3 Å². The van der Waals surface area contributed by atoms with Gasteiger partial charge in [-0.1, -0.05) is 27.7 Å². The first-order valence-electron chi connectivity index (χ1n) is 6.94. The number of hydrogen-bond donors (Lipinski definition) is 2. The van der Waals surface area contributed by atoms with Gasteiger partial charge in [-0.3, -0.25) is 4.79 Å². The Morgan fingerprint density at radius 3 is 2.57 bits per heavy atom. The van der Waals surface area contributed by atoms with Crippen LogP contribution < -0.4 is 0 Å². The Labute approximate surface area is 122 Å². The molecule has 3 rings (SSSR count). The minimum atomic E-state index is -1.06. The fourth-order valence-corrected chi connectivity index (χ4v) is 3.70. The summed E-state index contributed by atoms with van der Waals surface area (Å²) in [4.78, 5) is 30.8. The fourth-order valence-electron chi connectivity index (χ4n) is 3.70. The van der Waals surface area contributed by atoms with Gasteiger partial charge in [0.25, 0.3) is 0 Å². The lowest BCUT2D eigenvalue weighted by Crippen LogP contribution is -2.39. The number of pyridine rings is 1. The molecule has 2 heterocycles. The van der Waals surface area contributed by atoms with Crippen LogP contribution in [0.5, 0.6) is 0 Å². The van der Waals surface area contributed by atoms with E-state index in [4.69, 9.17) is 5.11 Å². The molecule has 5 heteroatoms. The van der Waals surface area contributed by atoms with Gasteiger partial charge in [-0.05, 0) is 23.5 Å². The average molecular weight is 286 g/mol. The first-order valence-corrected chi connectivity index (χ1v) is 6.94. The van der Waals surface area contributed by atoms with Crippen LogP contribution in [0.25, 0.3) is 10.9 Å². The van der Waals surface area contributed by atoms with Crippen LogP contribution in [0.3, 0.4) is 0 Å². The third-order valence-electron chi connectivity index (χ3n) is 4.30. The normalized spacial score (nSPS) is 19.5. The number of rotatable bonds is 1. The second-order valence-electron chi connectivity index (χ2n) is 7.07. The van der Waals surface area contributed by atoms with Gasteiger partial charge in [0.15, 0.2) is 5.78 Å². The van der Waals surface area contributed by atoms with Gasteiger partial charge in [0.2, 0.25) is 0 Å². The summed E-state index contributed by atoms with van der Waals surface area (Å²) in [6, 6.07) is 1.56. The molecule has 0 radical (unpaired) electrons. The number of carbonyl (C=O) groups is 2. The SMILES string of the molecule is CC1(C)CC(C)(C)c2c([nH]c3cnc(C(=O)O)cc23)C1=O. The van der Waals surface area contributed by atoms with Crippen molar-refractivity contribution in [2.45, 2.75) is 39.5 Å². The van der Waals surface area contributed by atoms with E-state index in [1.807, 2.05) is 13.8 Å². The number of fused-ring (bicyclic) bond motifs is 3. The van der Waals surface area contributed by atoms with E-state index in [0.29, 0.717) is 11.2 Å². The third-order valence-corrected chi connectivity index (χ3v) is 4.30. The lowest BCUT2D eigenvalue weighted by molar-refractivity contribution is 0.0690. The van der Waals surface area contributed by atoms with Gasteiger partial charge in [0.1, 0.15) is 5.69 Å². The van der Waals surface area contributed by atoms with Crippen LogP contribution in [0, 0.1) is 5.41 Å². The minimum Gasteiger partial charge on any atom is -0.477 e. The number of H-pyrrole nitrogens is 1. The highest BCUT2D eigenvalue weighted by Crippen LogP contribution is 2.47. The maximum absolute atomic E-state index is 12.6. The quantitative estimate of drug-likeness (QED) is 0.843. The Morgan fingerprint density at radius 2 is 1.95 bits per heavy atom. The monoisotopic (exact) mass is 286 g/mol. The van der Waals surface area contributed by atoms with E-state index in [2.05, 4.69) is 23.8 Å². The molecule has 2 aromatic heterocycles. The molecule has 0 unspecified atom stereocenters. The summed E-state index contributed by atoms with van der Waals surface area (Å²) >= 11 is 0. The molecule has 5 nitrogen and oxygen atoms in total. The molecule has 1 aliphatic carbocycles. The van der Waals surface area contributed by atoms with Crippen LogP contribution in [-0.4, -0.2) is 26.8 Å². The molecule has 1 aliphatic rings. The van der Waals surface area contributed by atoms with Crippen molar-refractivity contribution in [2.75, 3.05) is 0 Å². The van der Waals surface area contributed by atoms with Crippen molar-refractivity contribution in [1.82, 2.24) is 9.97 Å². The fraction of sp³-hybridized carbons (Fsp3) is 0.438. The molecule has 0 aliphatic heterocycles. The van der Waals surface area contributed by atoms with E-state index < -0.39 is 11.4 Å². The minimum absolute atomic E-state index is 0.00242. The molecule has 0 saturated carbocycles. The van der Waals surface area contributed by atoms with Crippen molar-refractivity contribution in [1.29, 1.82) is 0 Å². The largest absolute Gasteiger partial charge is 0.477 e. The van der Waals surface area contributed by atoms with Gasteiger partial charge < -0.3 is 10.1 Å². The van der Waals surface area contributed by atoms with Gasteiger partial charge in [0, 0.05) is 10.8 Å². The van der Waals surface area contributed by atoms with E-state index in [-0.39, 0.29) is 16.9 Å². The molecule has 2 aromatic rings. The van der Waals surface area contributed by atoms with Crippen LogP contribution >= 0.6 is 0 Å². The Morgan fingerprint density at radius 1 is 1.29 bits per heavy atom. The number of carbonyl (C=O) groups excluding carboxylic acids is 1. The van der Waals surface area contributed by atoms with Gasteiger partial charge in [-0.25, -0.2) is 9.78 Å². The predicted molar refractivity (Wildman–Crippen MR) is 78.8 cm³/mol. The Balaban J connectivity index is 2.36.